The summed E-state index contributed by atoms with van der Waals surface area (Å²) < 4.78 is 0. The van der Waals surface area contributed by atoms with Gasteiger partial charge in [0.05, 0.1) is 17.0 Å². The van der Waals surface area contributed by atoms with Gasteiger partial charge in [-0.2, -0.15) is 5.10 Å². The second-order valence-corrected chi connectivity index (χ2v) is 6.43. The van der Waals surface area contributed by atoms with Crippen LogP contribution in [0.2, 0.25) is 0 Å². The number of aryl methyl sites for hydroxylation is 1. The zero-order chi connectivity index (χ0) is 16.7. The molecule has 4 rings (SSSR count). The molecular weight excluding hydrogens is 308 g/mol. The zero-order valence-electron chi connectivity index (χ0n) is 13.2. The molecule has 24 heavy (non-hydrogen) atoms. The SMILES string of the molecule is O=C(C1CCCc2[nH]ncc21)N1CCc2c(cccc2[N+](=O)[O-])C1. The van der Waals surface area contributed by atoms with E-state index in [1.54, 1.807) is 12.3 Å². The van der Waals surface area contributed by atoms with Crippen LogP contribution in [0.4, 0.5) is 5.69 Å². The van der Waals surface area contributed by atoms with Crippen LogP contribution in [0, 0.1) is 10.1 Å². The van der Waals surface area contributed by atoms with Crippen molar-refractivity contribution in [3.63, 3.8) is 0 Å². The molecule has 1 atom stereocenters. The number of fused-ring (bicyclic) bond motifs is 2. The molecule has 0 bridgehead atoms. The number of hydrogen-bond donors (Lipinski definition) is 1. The molecule has 2 heterocycles. The lowest BCUT2D eigenvalue weighted by Crippen LogP contribution is -2.39. The van der Waals surface area contributed by atoms with Crippen LogP contribution in [-0.2, 0) is 24.2 Å². The van der Waals surface area contributed by atoms with Gasteiger partial charge in [0.15, 0.2) is 0 Å². The van der Waals surface area contributed by atoms with Gasteiger partial charge in [-0.1, -0.05) is 12.1 Å². The summed E-state index contributed by atoms with van der Waals surface area (Å²) in [4.78, 5) is 25.6. The van der Waals surface area contributed by atoms with Gasteiger partial charge in [0, 0.05) is 36.0 Å². The number of aromatic nitrogens is 2. The number of benzene rings is 1. The Morgan fingerprint density at radius 2 is 2.25 bits per heavy atom. The van der Waals surface area contributed by atoms with Crippen LogP contribution in [-0.4, -0.2) is 32.5 Å². The number of amides is 1. The average Bonchev–Trinajstić information content (AvgIpc) is 3.08. The molecule has 2 aliphatic rings. The standard InChI is InChI=1S/C17H18N4O3/c22-17(13-4-2-5-15-14(13)9-18-19-15)20-8-7-12-11(10-20)3-1-6-16(12)21(23)24/h1,3,6,9,13H,2,4-5,7-8,10H2,(H,18,19). The molecule has 1 aromatic heterocycles. The fourth-order valence-corrected chi connectivity index (χ4v) is 3.89. The third kappa shape index (κ3) is 2.36. The minimum absolute atomic E-state index is 0.106. The van der Waals surface area contributed by atoms with Crippen molar-refractivity contribution >= 4 is 11.6 Å². The summed E-state index contributed by atoms with van der Waals surface area (Å²) in [6.45, 7) is 0.972. The van der Waals surface area contributed by atoms with Crippen molar-refractivity contribution in [2.45, 2.75) is 38.1 Å². The highest BCUT2D eigenvalue weighted by Crippen LogP contribution is 2.34. The molecule has 0 spiro atoms. The summed E-state index contributed by atoms with van der Waals surface area (Å²) in [5.74, 6) is -0.0396. The first-order valence-corrected chi connectivity index (χ1v) is 8.21. The molecule has 1 aliphatic heterocycles. The maximum Gasteiger partial charge on any atom is 0.272 e. The van der Waals surface area contributed by atoms with Gasteiger partial charge in [-0.25, -0.2) is 0 Å². The van der Waals surface area contributed by atoms with E-state index in [-0.39, 0.29) is 22.4 Å². The molecule has 0 fully saturated rings. The van der Waals surface area contributed by atoms with Gasteiger partial charge < -0.3 is 4.90 Å². The van der Waals surface area contributed by atoms with E-state index in [9.17, 15) is 14.9 Å². The van der Waals surface area contributed by atoms with Crippen LogP contribution in [0.1, 0.15) is 41.1 Å². The second-order valence-electron chi connectivity index (χ2n) is 6.43. The summed E-state index contributed by atoms with van der Waals surface area (Å²) in [5, 5.41) is 18.2. The molecule has 7 nitrogen and oxygen atoms in total. The van der Waals surface area contributed by atoms with E-state index in [0.29, 0.717) is 19.5 Å². The van der Waals surface area contributed by atoms with Crippen molar-refractivity contribution < 1.29 is 9.72 Å². The number of H-pyrrole nitrogens is 1. The summed E-state index contributed by atoms with van der Waals surface area (Å²) in [7, 11) is 0. The molecule has 0 saturated carbocycles. The van der Waals surface area contributed by atoms with Crippen LogP contribution >= 0.6 is 0 Å². The Morgan fingerprint density at radius 1 is 1.38 bits per heavy atom. The van der Waals surface area contributed by atoms with Gasteiger partial charge in [0.2, 0.25) is 5.91 Å². The van der Waals surface area contributed by atoms with Crippen molar-refractivity contribution in [1.29, 1.82) is 0 Å². The van der Waals surface area contributed by atoms with Gasteiger partial charge in [-0.05, 0) is 31.2 Å². The molecule has 1 amide bonds. The topological polar surface area (TPSA) is 92.1 Å². The summed E-state index contributed by atoms with van der Waals surface area (Å²) >= 11 is 0. The number of nitro groups is 1. The highest BCUT2D eigenvalue weighted by Gasteiger charge is 2.33. The normalized spacial score (nSPS) is 19.5. The minimum Gasteiger partial charge on any atom is -0.337 e. The van der Waals surface area contributed by atoms with Crippen LogP contribution in [0.15, 0.2) is 24.4 Å². The lowest BCUT2D eigenvalue weighted by Gasteiger charge is -2.32. The maximum atomic E-state index is 13.0. The molecule has 124 valence electrons. The Labute approximate surface area is 138 Å². The maximum absolute atomic E-state index is 13.0. The van der Waals surface area contributed by atoms with E-state index in [0.717, 1.165) is 41.6 Å². The van der Waals surface area contributed by atoms with Gasteiger partial charge in [0.1, 0.15) is 0 Å². The predicted molar refractivity (Wildman–Crippen MR) is 86.5 cm³/mol. The van der Waals surface area contributed by atoms with Gasteiger partial charge in [-0.15, -0.1) is 0 Å². The number of carbonyl (C=O) groups is 1. The number of nitrogens with zero attached hydrogens (tertiary/aromatic N) is 3. The Kier molecular flexibility index (Phi) is 3.55. The van der Waals surface area contributed by atoms with Crippen molar-refractivity contribution in [3.8, 4) is 0 Å². The van der Waals surface area contributed by atoms with Crippen molar-refractivity contribution in [2.75, 3.05) is 6.54 Å². The summed E-state index contributed by atoms with van der Waals surface area (Å²) in [5.41, 5.74) is 3.88. The quantitative estimate of drug-likeness (QED) is 0.677. The van der Waals surface area contributed by atoms with Crippen LogP contribution in [0.5, 0.6) is 0 Å². The van der Waals surface area contributed by atoms with E-state index < -0.39 is 0 Å². The lowest BCUT2D eigenvalue weighted by atomic mass is 9.85. The second kappa shape index (κ2) is 5.74. The van der Waals surface area contributed by atoms with Gasteiger partial charge in [0.25, 0.3) is 5.69 Å². The molecule has 1 unspecified atom stereocenters. The predicted octanol–water partition coefficient (Wildman–Crippen LogP) is 2.32. The van der Waals surface area contributed by atoms with Crippen LogP contribution < -0.4 is 0 Å². The highest BCUT2D eigenvalue weighted by atomic mass is 16.6. The summed E-state index contributed by atoms with van der Waals surface area (Å²) in [6.07, 6.45) is 5.04. The van der Waals surface area contributed by atoms with E-state index in [1.165, 1.54) is 6.07 Å². The van der Waals surface area contributed by atoms with E-state index in [2.05, 4.69) is 10.2 Å². The molecule has 1 N–H and O–H groups in total. The summed E-state index contributed by atoms with van der Waals surface area (Å²) in [6, 6.07) is 5.11. The smallest absolute Gasteiger partial charge is 0.272 e. The van der Waals surface area contributed by atoms with Crippen LogP contribution in [0.3, 0.4) is 0 Å². The van der Waals surface area contributed by atoms with E-state index in [1.807, 2.05) is 11.0 Å². The Bertz CT molecular complexity index is 814. The first-order valence-electron chi connectivity index (χ1n) is 8.21. The molecule has 7 heteroatoms. The van der Waals surface area contributed by atoms with E-state index >= 15 is 0 Å². The largest absolute Gasteiger partial charge is 0.337 e. The van der Waals surface area contributed by atoms with Gasteiger partial charge in [-0.3, -0.25) is 20.0 Å². The van der Waals surface area contributed by atoms with Gasteiger partial charge >= 0.3 is 0 Å². The van der Waals surface area contributed by atoms with E-state index in [4.69, 9.17) is 0 Å². The number of nitro benzene ring substituents is 1. The fraction of sp³-hybridized carbons (Fsp3) is 0.412. The first-order chi connectivity index (χ1) is 11.6. The van der Waals surface area contributed by atoms with Crippen molar-refractivity contribution in [1.82, 2.24) is 15.1 Å². The third-order valence-corrected chi connectivity index (χ3v) is 5.09. The number of hydrogen-bond acceptors (Lipinski definition) is 4. The molecule has 1 aromatic carbocycles. The first kappa shape index (κ1) is 14.9. The zero-order valence-corrected chi connectivity index (χ0v) is 13.2. The van der Waals surface area contributed by atoms with Crippen molar-refractivity contribution in [3.05, 3.63) is 56.9 Å². The molecule has 0 saturated heterocycles. The van der Waals surface area contributed by atoms with Crippen LogP contribution in [0.25, 0.3) is 0 Å². The Balaban J connectivity index is 1.59. The number of carbonyl (C=O) groups excluding carboxylic acids is 1. The third-order valence-electron chi connectivity index (χ3n) is 5.09. The number of rotatable bonds is 2. The molecule has 2 aromatic rings. The molecule has 1 aliphatic carbocycles. The molecule has 0 radical (unpaired) electrons. The van der Waals surface area contributed by atoms with Crippen molar-refractivity contribution in [2.24, 2.45) is 0 Å². The molecular formula is C17H18N4O3. The fourth-order valence-electron chi connectivity index (χ4n) is 3.89. The number of aromatic amines is 1. The Morgan fingerprint density at radius 3 is 3.08 bits per heavy atom. The lowest BCUT2D eigenvalue weighted by molar-refractivity contribution is -0.385. The average molecular weight is 326 g/mol. The highest BCUT2D eigenvalue weighted by molar-refractivity contribution is 5.84. The monoisotopic (exact) mass is 326 g/mol. The Hall–Kier alpha value is -2.70. The minimum atomic E-state index is -0.338. The number of nitrogens with one attached hydrogen (secondary N) is 1.